The largest absolute Gasteiger partial charge is 0.354 e. The van der Waals surface area contributed by atoms with Crippen LogP contribution in [0.3, 0.4) is 0 Å². The summed E-state index contributed by atoms with van der Waals surface area (Å²) in [4.78, 5) is 11.1. The van der Waals surface area contributed by atoms with E-state index in [1.165, 1.54) is 5.56 Å². The molecule has 0 spiro atoms. The van der Waals surface area contributed by atoms with Crippen molar-refractivity contribution in [1.29, 1.82) is 0 Å². The molecular formula is C11H13BrClNO. The van der Waals surface area contributed by atoms with Crippen molar-refractivity contribution in [1.82, 2.24) is 5.32 Å². The predicted octanol–water partition coefficient (Wildman–Crippen LogP) is 2.74. The van der Waals surface area contributed by atoms with E-state index in [-0.39, 0.29) is 5.91 Å². The van der Waals surface area contributed by atoms with Crippen molar-refractivity contribution in [2.75, 3.05) is 6.54 Å². The number of halogens is 2. The Labute approximate surface area is 103 Å². The van der Waals surface area contributed by atoms with Crippen molar-refractivity contribution >= 4 is 33.4 Å². The first-order chi connectivity index (χ1) is 7.09. The quantitative estimate of drug-likeness (QED) is 0.849. The van der Waals surface area contributed by atoms with Gasteiger partial charge in [-0.15, -0.1) is 11.6 Å². The highest BCUT2D eigenvalue weighted by Gasteiger charge is 2.07. The Bertz CT molecular complexity index is 324. The Balaban J connectivity index is 2.32. The number of carbonyl (C=O) groups excluding carboxylic acids is 1. The normalized spacial score (nSPS) is 12.2. The molecular weight excluding hydrogens is 277 g/mol. The maximum Gasteiger partial charge on any atom is 0.237 e. The van der Waals surface area contributed by atoms with Crippen molar-refractivity contribution < 1.29 is 4.79 Å². The van der Waals surface area contributed by atoms with Gasteiger partial charge in [0, 0.05) is 11.0 Å². The molecule has 2 nitrogen and oxygen atoms in total. The molecule has 1 atom stereocenters. The van der Waals surface area contributed by atoms with E-state index in [4.69, 9.17) is 11.6 Å². The van der Waals surface area contributed by atoms with E-state index in [1.807, 2.05) is 24.3 Å². The van der Waals surface area contributed by atoms with Crippen LogP contribution < -0.4 is 5.32 Å². The number of nitrogens with one attached hydrogen (secondary N) is 1. The molecule has 1 rings (SSSR count). The minimum atomic E-state index is -0.463. The van der Waals surface area contributed by atoms with Gasteiger partial charge in [-0.1, -0.05) is 28.1 Å². The van der Waals surface area contributed by atoms with Crippen LogP contribution >= 0.6 is 27.5 Å². The number of amides is 1. The fourth-order valence-corrected chi connectivity index (χ4v) is 1.46. The molecule has 0 bridgehead atoms. The van der Waals surface area contributed by atoms with Gasteiger partial charge < -0.3 is 5.32 Å². The molecule has 0 aliphatic rings. The molecule has 15 heavy (non-hydrogen) atoms. The van der Waals surface area contributed by atoms with Gasteiger partial charge >= 0.3 is 0 Å². The highest BCUT2D eigenvalue weighted by atomic mass is 79.9. The second-order valence-corrected chi connectivity index (χ2v) is 4.85. The van der Waals surface area contributed by atoms with Gasteiger partial charge in [0.2, 0.25) is 5.91 Å². The summed E-state index contributed by atoms with van der Waals surface area (Å²) in [5.74, 6) is -0.117. The average molecular weight is 291 g/mol. The first-order valence-corrected chi connectivity index (χ1v) is 5.99. The summed E-state index contributed by atoms with van der Waals surface area (Å²) in [5, 5.41) is 2.30. The Morgan fingerprint density at radius 2 is 2.07 bits per heavy atom. The maximum atomic E-state index is 11.1. The molecule has 1 unspecified atom stereocenters. The standard InChI is InChI=1S/C11H13BrClNO/c1-8(13)11(15)14-7-6-9-2-4-10(12)5-3-9/h2-5,8H,6-7H2,1H3,(H,14,15). The van der Waals surface area contributed by atoms with Gasteiger partial charge in [-0.05, 0) is 31.0 Å². The van der Waals surface area contributed by atoms with Crippen LogP contribution in [0.5, 0.6) is 0 Å². The fraction of sp³-hybridized carbons (Fsp3) is 0.364. The molecule has 0 aliphatic heterocycles. The number of benzene rings is 1. The highest BCUT2D eigenvalue weighted by Crippen LogP contribution is 2.10. The topological polar surface area (TPSA) is 29.1 Å². The van der Waals surface area contributed by atoms with Gasteiger partial charge in [0.15, 0.2) is 0 Å². The number of hydrogen-bond donors (Lipinski definition) is 1. The van der Waals surface area contributed by atoms with E-state index >= 15 is 0 Å². The maximum absolute atomic E-state index is 11.1. The summed E-state index contributed by atoms with van der Waals surface area (Å²) >= 11 is 8.98. The lowest BCUT2D eigenvalue weighted by atomic mass is 10.1. The van der Waals surface area contributed by atoms with Crippen LogP contribution in [0, 0.1) is 0 Å². The molecule has 0 radical (unpaired) electrons. The zero-order valence-electron chi connectivity index (χ0n) is 8.47. The molecule has 4 heteroatoms. The molecule has 1 amide bonds. The van der Waals surface area contributed by atoms with Crippen LogP contribution in [0.4, 0.5) is 0 Å². The number of carbonyl (C=O) groups is 1. The molecule has 1 aromatic rings. The summed E-state index contributed by atoms with van der Waals surface area (Å²) in [7, 11) is 0. The smallest absolute Gasteiger partial charge is 0.237 e. The van der Waals surface area contributed by atoms with Gasteiger partial charge in [-0.3, -0.25) is 4.79 Å². The molecule has 1 N–H and O–H groups in total. The van der Waals surface area contributed by atoms with E-state index in [0.29, 0.717) is 6.54 Å². The Hall–Kier alpha value is -0.540. The van der Waals surface area contributed by atoms with Crippen molar-refractivity contribution in [2.24, 2.45) is 0 Å². The summed E-state index contributed by atoms with van der Waals surface area (Å²) in [6, 6.07) is 8.03. The second-order valence-electron chi connectivity index (χ2n) is 3.28. The van der Waals surface area contributed by atoms with Gasteiger partial charge in [0.1, 0.15) is 5.38 Å². The van der Waals surface area contributed by atoms with E-state index in [1.54, 1.807) is 6.92 Å². The minimum Gasteiger partial charge on any atom is -0.354 e. The van der Waals surface area contributed by atoms with E-state index in [9.17, 15) is 4.79 Å². The summed E-state index contributed by atoms with van der Waals surface area (Å²) in [6.45, 7) is 2.29. The van der Waals surface area contributed by atoms with E-state index in [2.05, 4.69) is 21.2 Å². The van der Waals surface area contributed by atoms with Crippen molar-refractivity contribution in [3.05, 3.63) is 34.3 Å². The highest BCUT2D eigenvalue weighted by molar-refractivity contribution is 9.10. The molecule has 1 aromatic carbocycles. The lowest BCUT2D eigenvalue weighted by molar-refractivity contribution is -0.120. The Morgan fingerprint density at radius 1 is 1.47 bits per heavy atom. The number of alkyl halides is 1. The number of rotatable bonds is 4. The number of hydrogen-bond acceptors (Lipinski definition) is 1. The van der Waals surface area contributed by atoms with Gasteiger partial charge in [0.25, 0.3) is 0 Å². The summed E-state index contributed by atoms with van der Waals surface area (Å²) in [6.07, 6.45) is 0.822. The third-order valence-corrected chi connectivity index (χ3v) is 2.71. The van der Waals surface area contributed by atoms with Gasteiger partial charge in [-0.25, -0.2) is 0 Å². The predicted molar refractivity (Wildman–Crippen MR) is 66.2 cm³/mol. The molecule has 0 heterocycles. The SMILES string of the molecule is CC(Cl)C(=O)NCCc1ccc(Br)cc1. The minimum absolute atomic E-state index is 0.117. The van der Waals surface area contributed by atoms with Gasteiger partial charge in [-0.2, -0.15) is 0 Å². The van der Waals surface area contributed by atoms with Crippen LogP contribution in [-0.4, -0.2) is 17.8 Å². The molecule has 0 saturated carbocycles. The van der Waals surface area contributed by atoms with Crippen LogP contribution in [0.25, 0.3) is 0 Å². The Morgan fingerprint density at radius 3 is 2.60 bits per heavy atom. The van der Waals surface area contributed by atoms with E-state index < -0.39 is 5.38 Å². The van der Waals surface area contributed by atoms with Gasteiger partial charge in [0.05, 0.1) is 0 Å². The van der Waals surface area contributed by atoms with E-state index in [0.717, 1.165) is 10.9 Å². The van der Waals surface area contributed by atoms with Crippen molar-refractivity contribution in [3.8, 4) is 0 Å². The van der Waals surface area contributed by atoms with Crippen LogP contribution in [0.15, 0.2) is 28.7 Å². The second kappa shape index (κ2) is 6.13. The molecule has 0 fully saturated rings. The Kier molecular flexibility index (Phi) is 5.12. The zero-order valence-corrected chi connectivity index (χ0v) is 10.8. The van der Waals surface area contributed by atoms with Crippen molar-refractivity contribution in [3.63, 3.8) is 0 Å². The first kappa shape index (κ1) is 12.5. The lowest BCUT2D eigenvalue weighted by Crippen LogP contribution is -2.31. The third-order valence-electron chi connectivity index (χ3n) is 1.99. The lowest BCUT2D eigenvalue weighted by Gasteiger charge is -2.06. The fourth-order valence-electron chi connectivity index (χ4n) is 1.12. The van der Waals surface area contributed by atoms with Crippen molar-refractivity contribution in [2.45, 2.75) is 18.7 Å². The molecule has 0 aliphatic carbocycles. The third kappa shape index (κ3) is 4.67. The monoisotopic (exact) mass is 289 g/mol. The molecule has 0 aromatic heterocycles. The average Bonchev–Trinajstić information content (AvgIpc) is 2.20. The molecule has 82 valence electrons. The van der Waals surface area contributed by atoms with Crippen LogP contribution in [0.1, 0.15) is 12.5 Å². The molecule has 0 saturated heterocycles. The summed E-state index contributed by atoms with van der Waals surface area (Å²) in [5.41, 5.74) is 1.20. The van der Waals surface area contributed by atoms with Crippen LogP contribution in [0.2, 0.25) is 0 Å². The summed E-state index contributed by atoms with van der Waals surface area (Å²) < 4.78 is 1.06. The first-order valence-electron chi connectivity index (χ1n) is 4.76. The zero-order chi connectivity index (χ0) is 11.3. The van der Waals surface area contributed by atoms with Crippen LogP contribution in [-0.2, 0) is 11.2 Å².